The summed E-state index contributed by atoms with van der Waals surface area (Å²) in [6.45, 7) is 2.01. The Morgan fingerprint density at radius 3 is 2.75 bits per heavy atom. The molecule has 7 heteroatoms. The maximum absolute atomic E-state index is 12.1. The number of nitrogens with zero attached hydrogens (tertiary/aromatic N) is 1. The first-order chi connectivity index (χ1) is 9.44. The topological polar surface area (TPSA) is 96.0 Å². The number of nitrogen functional groups attached to an aromatic ring is 1. The molecular formula is C13H13N3O2S2. The van der Waals surface area contributed by atoms with Crippen LogP contribution >= 0.6 is 11.3 Å². The average molecular weight is 307 g/mol. The lowest BCUT2D eigenvalue weighted by Crippen LogP contribution is -2.22. The van der Waals surface area contributed by atoms with Gasteiger partial charge in [0.1, 0.15) is 15.2 Å². The van der Waals surface area contributed by atoms with Crippen molar-refractivity contribution in [2.24, 2.45) is 0 Å². The molecule has 1 aromatic carbocycles. The molecule has 1 aromatic heterocycles. The van der Waals surface area contributed by atoms with Gasteiger partial charge in [-0.1, -0.05) is 12.1 Å². The second-order valence-corrected chi connectivity index (χ2v) is 7.26. The fourth-order valence-electron chi connectivity index (χ4n) is 1.66. The van der Waals surface area contributed by atoms with Gasteiger partial charge in [-0.25, -0.2) is 13.1 Å². The molecule has 0 bridgehead atoms. The Bertz CT molecular complexity index is 773. The van der Waals surface area contributed by atoms with Crippen LogP contribution in [0.3, 0.4) is 0 Å². The third kappa shape index (κ3) is 2.99. The Kier molecular flexibility index (Phi) is 4.09. The second-order valence-electron chi connectivity index (χ2n) is 4.19. The molecule has 5 nitrogen and oxygen atoms in total. The summed E-state index contributed by atoms with van der Waals surface area (Å²) in [7, 11) is -3.60. The van der Waals surface area contributed by atoms with Crippen LogP contribution in [0, 0.1) is 18.3 Å². The standard InChI is InChI=1S/C13H13N3O2S2/c1-9-10(3-2-4-12(9)15)8-16-20(17,18)13-6-5-11(7-14)19-13/h2-6,16H,8,15H2,1H3. The van der Waals surface area contributed by atoms with E-state index >= 15 is 0 Å². The quantitative estimate of drug-likeness (QED) is 0.844. The highest BCUT2D eigenvalue weighted by Gasteiger charge is 2.17. The molecule has 0 amide bonds. The Hall–Kier alpha value is -1.88. The van der Waals surface area contributed by atoms with Crippen LogP contribution in [0.1, 0.15) is 16.0 Å². The molecule has 1 heterocycles. The molecule has 104 valence electrons. The largest absolute Gasteiger partial charge is 0.399 e. The van der Waals surface area contributed by atoms with Crippen molar-refractivity contribution in [2.75, 3.05) is 5.73 Å². The van der Waals surface area contributed by atoms with Gasteiger partial charge >= 0.3 is 0 Å². The van der Waals surface area contributed by atoms with E-state index in [0.29, 0.717) is 10.6 Å². The first-order valence-electron chi connectivity index (χ1n) is 5.77. The van der Waals surface area contributed by atoms with Crippen molar-refractivity contribution in [1.29, 1.82) is 5.26 Å². The van der Waals surface area contributed by atoms with E-state index in [9.17, 15) is 8.42 Å². The van der Waals surface area contributed by atoms with Crippen LogP contribution in [0.15, 0.2) is 34.5 Å². The van der Waals surface area contributed by atoms with Gasteiger partial charge in [0.05, 0.1) is 0 Å². The summed E-state index contributed by atoms with van der Waals surface area (Å²) in [5, 5.41) is 8.72. The minimum atomic E-state index is -3.60. The predicted octanol–water partition coefficient (Wildman–Crippen LogP) is 1.99. The maximum atomic E-state index is 12.1. The molecule has 0 radical (unpaired) electrons. The van der Waals surface area contributed by atoms with Crippen LogP contribution < -0.4 is 10.5 Å². The molecule has 0 aliphatic heterocycles. The summed E-state index contributed by atoms with van der Waals surface area (Å²) < 4.78 is 26.8. The normalized spacial score (nSPS) is 11.2. The maximum Gasteiger partial charge on any atom is 0.250 e. The van der Waals surface area contributed by atoms with Crippen molar-refractivity contribution >= 4 is 27.0 Å². The molecule has 20 heavy (non-hydrogen) atoms. The zero-order chi connectivity index (χ0) is 14.8. The predicted molar refractivity (Wildman–Crippen MR) is 78.7 cm³/mol. The third-order valence-corrected chi connectivity index (χ3v) is 5.78. The Balaban J connectivity index is 2.17. The Morgan fingerprint density at radius 1 is 1.35 bits per heavy atom. The SMILES string of the molecule is Cc1c(N)cccc1CNS(=O)(=O)c1ccc(C#N)s1. The van der Waals surface area contributed by atoms with Crippen LogP contribution in [-0.2, 0) is 16.6 Å². The molecular weight excluding hydrogens is 294 g/mol. The van der Waals surface area contributed by atoms with Crippen LogP contribution in [0.2, 0.25) is 0 Å². The number of thiophene rings is 1. The van der Waals surface area contributed by atoms with Gasteiger partial charge in [0, 0.05) is 12.2 Å². The number of hydrogen-bond donors (Lipinski definition) is 2. The van der Waals surface area contributed by atoms with Gasteiger partial charge in [-0.2, -0.15) is 5.26 Å². The first kappa shape index (κ1) is 14.5. The van der Waals surface area contributed by atoms with Gasteiger partial charge in [0.2, 0.25) is 10.0 Å². The highest BCUT2D eigenvalue weighted by molar-refractivity contribution is 7.91. The molecule has 0 spiro atoms. The molecule has 3 N–H and O–H groups in total. The van der Waals surface area contributed by atoms with Crippen LogP contribution in [0.5, 0.6) is 0 Å². The van der Waals surface area contributed by atoms with Crippen LogP contribution in [0.4, 0.5) is 5.69 Å². The van der Waals surface area contributed by atoms with E-state index in [1.54, 1.807) is 12.1 Å². The van der Waals surface area contributed by atoms with Crippen LogP contribution in [0.25, 0.3) is 0 Å². The van der Waals surface area contributed by atoms with Gasteiger partial charge in [0.15, 0.2) is 0 Å². The van der Waals surface area contributed by atoms with Gasteiger partial charge in [-0.15, -0.1) is 11.3 Å². The third-order valence-electron chi connectivity index (χ3n) is 2.90. The molecule has 0 atom stereocenters. The lowest BCUT2D eigenvalue weighted by molar-refractivity contribution is 0.583. The number of sulfonamides is 1. The van der Waals surface area contributed by atoms with E-state index < -0.39 is 10.0 Å². The van der Waals surface area contributed by atoms with Crippen molar-refractivity contribution in [3.63, 3.8) is 0 Å². The second kappa shape index (κ2) is 5.63. The van der Waals surface area contributed by atoms with E-state index in [1.165, 1.54) is 12.1 Å². The highest BCUT2D eigenvalue weighted by atomic mass is 32.2. The summed E-state index contributed by atoms with van der Waals surface area (Å²) in [5.74, 6) is 0. The van der Waals surface area contributed by atoms with Gasteiger partial charge in [-0.05, 0) is 36.2 Å². The fraction of sp³-hybridized carbons (Fsp3) is 0.154. The van der Waals surface area contributed by atoms with E-state index in [0.717, 1.165) is 22.5 Å². The van der Waals surface area contributed by atoms with E-state index in [4.69, 9.17) is 11.0 Å². The lowest BCUT2D eigenvalue weighted by atomic mass is 10.1. The van der Waals surface area contributed by atoms with Crippen molar-refractivity contribution in [3.8, 4) is 6.07 Å². The Labute approximate surface area is 121 Å². The molecule has 0 fully saturated rings. The minimum absolute atomic E-state index is 0.135. The molecule has 0 unspecified atom stereocenters. The molecule has 2 rings (SSSR count). The summed E-state index contributed by atoms with van der Waals surface area (Å²) >= 11 is 0.946. The van der Waals surface area contributed by atoms with Crippen molar-refractivity contribution < 1.29 is 8.42 Å². The Morgan fingerprint density at radius 2 is 2.10 bits per heavy atom. The molecule has 0 aliphatic carbocycles. The average Bonchev–Trinajstić information content (AvgIpc) is 2.90. The highest BCUT2D eigenvalue weighted by Crippen LogP contribution is 2.21. The van der Waals surface area contributed by atoms with E-state index in [-0.39, 0.29) is 10.8 Å². The summed E-state index contributed by atoms with van der Waals surface area (Å²) in [6, 6.07) is 10.2. The zero-order valence-electron chi connectivity index (χ0n) is 10.8. The van der Waals surface area contributed by atoms with E-state index in [1.807, 2.05) is 19.1 Å². The number of benzene rings is 1. The number of nitriles is 1. The van der Waals surface area contributed by atoms with Gasteiger partial charge in [-0.3, -0.25) is 0 Å². The smallest absolute Gasteiger partial charge is 0.250 e. The monoisotopic (exact) mass is 307 g/mol. The van der Waals surface area contributed by atoms with Gasteiger partial charge < -0.3 is 5.73 Å². The number of hydrogen-bond acceptors (Lipinski definition) is 5. The molecule has 0 saturated carbocycles. The molecule has 2 aromatic rings. The lowest BCUT2D eigenvalue weighted by Gasteiger charge is -2.09. The zero-order valence-corrected chi connectivity index (χ0v) is 12.4. The summed E-state index contributed by atoms with van der Waals surface area (Å²) in [4.78, 5) is 0.366. The van der Waals surface area contributed by atoms with Crippen LogP contribution in [-0.4, -0.2) is 8.42 Å². The number of rotatable bonds is 4. The van der Waals surface area contributed by atoms with Gasteiger partial charge in [0.25, 0.3) is 0 Å². The summed E-state index contributed by atoms with van der Waals surface area (Å²) in [5.41, 5.74) is 8.10. The minimum Gasteiger partial charge on any atom is -0.399 e. The van der Waals surface area contributed by atoms with Crippen molar-refractivity contribution in [1.82, 2.24) is 4.72 Å². The van der Waals surface area contributed by atoms with Crippen molar-refractivity contribution in [2.45, 2.75) is 17.7 Å². The number of anilines is 1. The number of nitrogens with one attached hydrogen (secondary N) is 1. The fourth-order valence-corrected chi connectivity index (χ4v) is 3.82. The van der Waals surface area contributed by atoms with E-state index in [2.05, 4.69) is 4.72 Å². The summed E-state index contributed by atoms with van der Waals surface area (Å²) in [6.07, 6.45) is 0. The molecule has 0 aliphatic rings. The number of nitrogens with two attached hydrogens (primary N) is 1. The molecule has 0 saturated heterocycles. The first-order valence-corrected chi connectivity index (χ1v) is 8.07. The van der Waals surface area contributed by atoms with Crippen molar-refractivity contribution in [3.05, 3.63) is 46.3 Å².